The molecule has 0 spiro atoms. The molecule has 2 N–H and O–H groups in total. The van der Waals surface area contributed by atoms with Crippen molar-refractivity contribution in [2.75, 3.05) is 0 Å². The molecule has 0 amide bonds. The van der Waals surface area contributed by atoms with E-state index in [1.807, 2.05) is 19.1 Å². The fourth-order valence-electron chi connectivity index (χ4n) is 2.72. The minimum atomic E-state index is 0.0312. The second-order valence-corrected chi connectivity index (χ2v) is 5.33. The van der Waals surface area contributed by atoms with Crippen molar-refractivity contribution >= 4 is 0 Å². The molecule has 0 radical (unpaired) electrons. The molecule has 1 heterocycles. The zero-order valence-corrected chi connectivity index (χ0v) is 11.4. The van der Waals surface area contributed by atoms with Crippen LogP contribution in [0.2, 0.25) is 0 Å². The zero-order valence-electron chi connectivity index (χ0n) is 11.4. The zero-order chi connectivity index (χ0) is 13.0. The van der Waals surface area contributed by atoms with E-state index in [0.29, 0.717) is 12.0 Å². The van der Waals surface area contributed by atoms with Gasteiger partial charge in [0.1, 0.15) is 6.10 Å². The number of rotatable bonds is 4. The summed E-state index contributed by atoms with van der Waals surface area (Å²) >= 11 is 0. The van der Waals surface area contributed by atoms with Gasteiger partial charge in [-0.3, -0.25) is 0 Å². The molecular formula is C15H24N2O. The van der Waals surface area contributed by atoms with Crippen LogP contribution in [0, 0.1) is 5.92 Å². The van der Waals surface area contributed by atoms with E-state index in [2.05, 4.69) is 11.9 Å². The third-order valence-corrected chi connectivity index (χ3v) is 3.92. The van der Waals surface area contributed by atoms with Crippen molar-refractivity contribution in [2.45, 2.75) is 58.1 Å². The molecule has 0 saturated heterocycles. The molecule has 1 fully saturated rings. The first kappa shape index (κ1) is 13.3. The van der Waals surface area contributed by atoms with Crippen LogP contribution in [0.15, 0.2) is 18.3 Å². The van der Waals surface area contributed by atoms with Gasteiger partial charge in [-0.2, -0.15) is 0 Å². The van der Waals surface area contributed by atoms with E-state index in [4.69, 9.17) is 10.5 Å². The summed E-state index contributed by atoms with van der Waals surface area (Å²) in [4.78, 5) is 4.31. The number of aromatic nitrogens is 1. The first-order valence-corrected chi connectivity index (χ1v) is 7.09. The highest BCUT2D eigenvalue weighted by atomic mass is 16.5. The van der Waals surface area contributed by atoms with E-state index in [1.54, 1.807) is 6.20 Å². The van der Waals surface area contributed by atoms with Crippen LogP contribution in [0.4, 0.5) is 0 Å². The molecule has 0 aromatic carbocycles. The molecule has 1 aromatic heterocycles. The predicted molar refractivity (Wildman–Crippen MR) is 73.5 cm³/mol. The standard InChI is InChI=1S/C15H24N2O/c1-3-12-6-4-5-7-14(12)18-15-10-13(11(2)16)8-9-17-15/h8-12,14H,3-7,16H2,1-2H3/t11-,12?,14?/m1/s1. The van der Waals surface area contributed by atoms with Crippen molar-refractivity contribution < 1.29 is 4.74 Å². The Morgan fingerprint density at radius 1 is 1.44 bits per heavy atom. The van der Waals surface area contributed by atoms with Crippen LogP contribution >= 0.6 is 0 Å². The molecule has 1 aliphatic rings. The van der Waals surface area contributed by atoms with E-state index in [-0.39, 0.29) is 6.04 Å². The maximum Gasteiger partial charge on any atom is 0.213 e. The first-order chi connectivity index (χ1) is 8.70. The average molecular weight is 248 g/mol. The molecule has 0 bridgehead atoms. The van der Waals surface area contributed by atoms with Crippen molar-refractivity contribution in [3.8, 4) is 5.88 Å². The Morgan fingerprint density at radius 2 is 2.22 bits per heavy atom. The van der Waals surface area contributed by atoms with Gasteiger partial charge in [0.15, 0.2) is 0 Å². The van der Waals surface area contributed by atoms with Gasteiger partial charge in [0.2, 0.25) is 5.88 Å². The lowest BCUT2D eigenvalue weighted by Gasteiger charge is -2.30. The number of hydrogen-bond donors (Lipinski definition) is 1. The van der Waals surface area contributed by atoms with E-state index in [9.17, 15) is 0 Å². The maximum atomic E-state index is 6.08. The van der Waals surface area contributed by atoms with Crippen molar-refractivity contribution in [1.29, 1.82) is 0 Å². The minimum Gasteiger partial charge on any atom is -0.474 e. The number of ether oxygens (including phenoxy) is 1. The number of nitrogens with two attached hydrogens (primary N) is 1. The van der Waals surface area contributed by atoms with Gasteiger partial charge in [-0.15, -0.1) is 0 Å². The molecule has 3 atom stereocenters. The van der Waals surface area contributed by atoms with Gasteiger partial charge in [0.25, 0.3) is 0 Å². The summed E-state index contributed by atoms with van der Waals surface area (Å²) in [6.45, 7) is 4.23. The van der Waals surface area contributed by atoms with Gasteiger partial charge in [-0.1, -0.05) is 13.3 Å². The van der Waals surface area contributed by atoms with Crippen LogP contribution in [0.1, 0.15) is 57.6 Å². The van der Waals surface area contributed by atoms with Crippen LogP contribution in [0.3, 0.4) is 0 Å². The average Bonchev–Trinajstić information content (AvgIpc) is 2.39. The Kier molecular flexibility index (Phi) is 4.59. The summed E-state index contributed by atoms with van der Waals surface area (Å²) in [5, 5.41) is 0. The number of nitrogens with zero attached hydrogens (tertiary/aromatic N) is 1. The molecule has 1 saturated carbocycles. The molecule has 1 aliphatic carbocycles. The monoisotopic (exact) mass is 248 g/mol. The summed E-state index contributed by atoms with van der Waals surface area (Å²) in [6.07, 6.45) is 8.37. The lowest BCUT2D eigenvalue weighted by Crippen LogP contribution is -2.30. The Labute approximate surface area is 110 Å². The second kappa shape index (κ2) is 6.19. The van der Waals surface area contributed by atoms with Gasteiger partial charge >= 0.3 is 0 Å². The van der Waals surface area contributed by atoms with Gasteiger partial charge in [-0.05, 0) is 50.2 Å². The lowest BCUT2D eigenvalue weighted by molar-refractivity contribution is 0.0857. The van der Waals surface area contributed by atoms with E-state index < -0.39 is 0 Å². The van der Waals surface area contributed by atoms with E-state index in [0.717, 1.165) is 17.9 Å². The van der Waals surface area contributed by atoms with E-state index in [1.165, 1.54) is 25.7 Å². The largest absolute Gasteiger partial charge is 0.474 e. The highest BCUT2D eigenvalue weighted by Crippen LogP contribution is 2.30. The van der Waals surface area contributed by atoms with Gasteiger partial charge in [0.05, 0.1) is 0 Å². The normalized spacial score (nSPS) is 25.7. The van der Waals surface area contributed by atoms with Crippen LogP contribution in [-0.2, 0) is 0 Å². The predicted octanol–water partition coefficient (Wildman–Crippen LogP) is 3.45. The molecule has 100 valence electrons. The fraction of sp³-hybridized carbons (Fsp3) is 0.667. The second-order valence-electron chi connectivity index (χ2n) is 5.33. The quantitative estimate of drug-likeness (QED) is 0.887. The highest BCUT2D eigenvalue weighted by Gasteiger charge is 2.25. The first-order valence-electron chi connectivity index (χ1n) is 7.09. The number of pyridine rings is 1. The third kappa shape index (κ3) is 3.22. The van der Waals surface area contributed by atoms with Crippen LogP contribution in [0.25, 0.3) is 0 Å². The topological polar surface area (TPSA) is 48.1 Å². The Hall–Kier alpha value is -1.09. The smallest absolute Gasteiger partial charge is 0.213 e. The summed E-state index contributed by atoms with van der Waals surface area (Å²) in [6, 6.07) is 3.96. The van der Waals surface area contributed by atoms with Crippen LogP contribution in [0.5, 0.6) is 5.88 Å². The Bertz CT molecular complexity index is 379. The summed E-state index contributed by atoms with van der Waals surface area (Å²) in [7, 11) is 0. The summed E-state index contributed by atoms with van der Waals surface area (Å²) < 4.78 is 6.08. The van der Waals surface area contributed by atoms with E-state index >= 15 is 0 Å². The van der Waals surface area contributed by atoms with Gasteiger partial charge < -0.3 is 10.5 Å². The van der Waals surface area contributed by atoms with Gasteiger partial charge in [-0.25, -0.2) is 4.98 Å². The third-order valence-electron chi connectivity index (χ3n) is 3.92. The maximum absolute atomic E-state index is 6.08. The molecule has 3 nitrogen and oxygen atoms in total. The summed E-state index contributed by atoms with van der Waals surface area (Å²) in [5.74, 6) is 1.41. The van der Waals surface area contributed by atoms with Crippen molar-refractivity contribution in [3.63, 3.8) is 0 Å². The molecule has 0 aliphatic heterocycles. The Balaban J connectivity index is 2.05. The molecular weight excluding hydrogens is 224 g/mol. The summed E-state index contributed by atoms with van der Waals surface area (Å²) in [5.41, 5.74) is 6.97. The highest BCUT2D eigenvalue weighted by molar-refractivity contribution is 5.23. The minimum absolute atomic E-state index is 0.0312. The molecule has 18 heavy (non-hydrogen) atoms. The van der Waals surface area contributed by atoms with Crippen LogP contribution in [-0.4, -0.2) is 11.1 Å². The molecule has 2 rings (SSSR count). The van der Waals surface area contributed by atoms with Gasteiger partial charge in [0, 0.05) is 18.3 Å². The lowest BCUT2D eigenvalue weighted by atomic mass is 9.85. The van der Waals surface area contributed by atoms with Crippen molar-refractivity contribution in [2.24, 2.45) is 11.7 Å². The van der Waals surface area contributed by atoms with Crippen molar-refractivity contribution in [3.05, 3.63) is 23.9 Å². The van der Waals surface area contributed by atoms with Crippen molar-refractivity contribution in [1.82, 2.24) is 4.98 Å². The Morgan fingerprint density at radius 3 is 2.94 bits per heavy atom. The van der Waals surface area contributed by atoms with Crippen LogP contribution < -0.4 is 10.5 Å². The fourth-order valence-corrected chi connectivity index (χ4v) is 2.72. The molecule has 1 aromatic rings. The molecule has 2 unspecified atom stereocenters. The molecule has 3 heteroatoms. The number of hydrogen-bond acceptors (Lipinski definition) is 3. The SMILES string of the molecule is CCC1CCCCC1Oc1cc([C@@H](C)N)ccn1.